The molecule has 10 nitrogen and oxygen atoms in total. The summed E-state index contributed by atoms with van der Waals surface area (Å²) in [6.07, 6.45) is 0. The molecule has 4 rings (SSSR count). The molecule has 12 heteroatoms. The van der Waals surface area contributed by atoms with Crippen LogP contribution in [0.3, 0.4) is 0 Å². The van der Waals surface area contributed by atoms with Crippen LogP contribution in [0.25, 0.3) is 0 Å². The van der Waals surface area contributed by atoms with Crippen molar-refractivity contribution in [3.05, 3.63) is 69.3 Å². The molecule has 0 aliphatic carbocycles. The van der Waals surface area contributed by atoms with Crippen molar-refractivity contribution in [3.63, 3.8) is 0 Å². The maximum atomic E-state index is 13.7. The molecule has 0 atom stereocenters. The summed E-state index contributed by atoms with van der Waals surface area (Å²) in [6.45, 7) is 0.240. The molecule has 0 bridgehead atoms. The van der Waals surface area contributed by atoms with Gasteiger partial charge in [-0.05, 0) is 12.1 Å². The Morgan fingerprint density at radius 1 is 1.33 bits per heavy atom. The second kappa shape index (κ2) is 8.55. The van der Waals surface area contributed by atoms with Gasteiger partial charge in [-0.1, -0.05) is 23.9 Å². The molecule has 2 aromatic carbocycles. The predicted molar refractivity (Wildman–Crippen MR) is 104 cm³/mol. The van der Waals surface area contributed by atoms with E-state index < -0.39 is 10.7 Å². The van der Waals surface area contributed by atoms with Crippen LogP contribution in [0.5, 0.6) is 11.5 Å². The molecule has 30 heavy (non-hydrogen) atoms. The van der Waals surface area contributed by atoms with Crippen molar-refractivity contribution >= 4 is 17.4 Å². The number of nitrogens with zero attached hydrogens (tertiary/aromatic N) is 4. The fraction of sp³-hybridized carbons (Fsp3) is 0.222. The van der Waals surface area contributed by atoms with Crippen molar-refractivity contribution in [2.45, 2.75) is 24.1 Å². The summed E-state index contributed by atoms with van der Waals surface area (Å²) >= 11 is 1.23. The average Bonchev–Trinajstić information content (AvgIpc) is 3.10. The van der Waals surface area contributed by atoms with Crippen LogP contribution in [0.15, 0.2) is 41.6 Å². The van der Waals surface area contributed by atoms with E-state index in [2.05, 4.69) is 10.2 Å². The molecule has 1 aliphatic rings. The number of benzene rings is 2. The van der Waals surface area contributed by atoms with E-state index in [1.165, 1.54) is 40.7 Å². The zero-order valence-corrected chi connectivity index (χ0v) is 16.3. The SMILES string of the molecule is Nn1c(COc2ccccc2F)nnc1SCc1cc([N+](=O)[O-])cc2c1OCOC2. The fourth-order valence-corrected chi connectivity index (χ4v) is 3.69. The van der Waals surface area contributed by atoms with Gasteiger partial charge in [-0.2, -0.15) is 0 Å². The number of ether oxygens (including phenoxy) is 3. The summed E-state index contributed by atoms with van der Waals surface area (Å²) < 4.78 is 31.0. The van der Waals surface area contributed by atoms with E-state index in [1.807, 2.05) is 0 Å². The maximum Gasteiger partial charge on any atom is 0.270 e. The van der Waals surface area contributed by atoms with Crippen LogP contribution in [-0.2, 0) is 23.7 Å². The Kier molecular flexibility index (Phi) is 5.68. The van der Waals surface area contributed by atoms with E-state index in [0.717, 1.165) is 0 Å². The highest BCUT2D eigenvalue weighted by Crippen LogP contribution is 2.36. The number of thioether (sulfide) groups is 1. The number of halogens is 1. The van der Waals surface area contributed by atoms with Gasteiger partial charge in [0.05, 0.1) is 11.5 Å². The number of nitro groups is 1. The third kappa shape index (κ3) is 4.14. The standard InChI is InChI=1S/C18H16FN5O5S/c19-14-3-1-2-4-15(14)28-8-16-21-22-18(23(16)20)30-9-12-6-13(24(25)26)5-11-7-27-10-29-17(11)12/h1-6H,7-10,20H2. The van der Waals surface area contributed by atoms with E-state index in [-0.39, 0.29) is 31.4 Å². The molecule has 2 N–H and O–H groups in total. The molecule has 0 spiro atoms. The number of nitro benzene ring substituents is 1. The number of hydrogen-bond acceptors (Lipinski definition) is 9. The van der Waals surface area contributed by atoms with Gasteiger partial charge >= 0.3 is 0 Å². The Morgan fingerprint density at radius 2 is 2.17 bits per heavy atom. The Morgan fingerprint density at radius 3 is 2.97 bits per heavy atom. The first-order valence-electron chi connectivity index (χ1n) is 8.73. The number of para-hydroxylation sites is 1. The summed E-state index contributed by atoms with van der Waals surface area (Å²) in [6, 6.07) is 8.89. The summed E-state index contributed by atoms with van der Waals surface area (Å²) in [7, 11) is 0. The lowest BCUT2D eigenvalue weighted by atomic mass is 10.1. The van der Waals surface area contributed by atoms with Gasteiger partial charge in [-0.3, -0.25) is 10.1 Å². The molecule has 1 aliphatic heterocycles. The Labute approximate surface area is 173 Å². The van der Waals surface area contributed by atoms with E-state index in [4.69, 9.17) is 20.1 Å². The minimum Gasteiger partial charge on any atom is -0.482 e. The highest BCUT2D eigenvalue weighted by Gasteiger charge is 2.22. The van der Waals surface area contributed by atoms with Gasteiger partial charge in [0.15, 0.2) is 24.2 Å². The molecule has 0 unspecified atom stereocenters. The van der Waals surface area contributed by atoms with E-state index >= 15 is 0 Å². The molecule has 3 aromatic rings. The van der Waals surface area contributed by atoms with Crippen molar-refractivity contribution in [3.8, 4) is 11.5 Å². The molecule has 0 fully saturated rings. The second-order valence-corrected chi connectivity index (χ2v) is 7.18. The quantitative estimate of drug-likeness (QED) is 0.259. The molecule has 0 amide bonds. The number of non-ortho nitro benzene ring substituents is 1. The number of hydrogen-bond donors (Lipinski definition) is 1. The monoisotopic (exact) mass is 433 g/mol. The average molecular weight is 433 g/mol. The summed E-state index contributed by atoms with van der Waals surface area (Å²) in [4.78, 5) is 10.7. The molecule has 0 saturated carbocycles. The Bertz CT molecular complexity index is 1090. The normalized spacial score (nSPS) is 12.8. The van der Waals surface area contributed by atoms with Crippen LogP contribution in [-0.4, -0.2) is 26.6 Å². The largest absolute Gasteiger partial charge is 0.482 e. The first-order chi connectivity index (χ1) is 14.5. The number of rotatable bonds is 7. The Hall–Kier alpha value is -3.38. The Balaban J connectivity index is 1.48. The highest BCUT2D eigenvalue weighted by atomic mass is 32.2. The van der Waals surface area contributed by atoms with Crippen LogP contribution < -0.4 is 15.3 Å². The topological polar surface area (TPSA) is 128 Å². The molecule has 0 radical (unpaired) electrons. The van der Waals surface area contributed by atoms with Crippen LogP contribution in [0, 0.1) is 15.9 Å². The van der Waals surface area contributed by atoms with Gasteiger partial charge in [0.25, 0.3) is 5.69 Å². The minimum atomic E-state index is -0.491. The van der Waals surface area contributed by atoms with Crippen LogP contribution in [0.1, 0.15) is 17.0 Å². The number of nitrogen functional groups attached to an aromatic ring is 1. The maximum absolute atomic E-state index is 13.7. The van der Waals surface area contributed by atoms with Gasteiger partial charge in [0, 0.05) is 29.0 Å². The van der Waals surface area contributed by atoms with Gasteiger partial charge < -0.3 is 20.1 Å². The van der Waals surface area contributed by atoms with Crippen molar-refractivity contribution in [2.75, 3.05) is 12.6 Å². The summed E-state index contributed by atoms with van der Waals surface area (Å²) in [5, 5.41) is 19.6. The molecule has 0 saturated heterocycles. The first kappa shape index (κ1) is 19.9. The number of aromatic nitrogens is 3. The van der Waals surface area contributed by atoms with Gasteiger partial charge in [0.1, 0.15) is 12.4 Å². The van der Waals surface area contributed by atoms with E-state index in [1.54, 1.807) is 12.1 Å². The lowest BCUT2D eigenvalue weighted by Gasteiger charge is -2.20. The summed E-state index contributed by atoms with van der Waals surface area (Å²) in [5.74, 6) is 6.78. The van der Waals surface area contributed by atoms with Gasteiger partial charge in [-0.15, -0.1) is 10.2 Å². The lowest BCUT2D eigenvalue weighted by molar-refractivity contribution is -0.385. The number of nitrogens with two attached hydrogens (primary N) is 1. The zero-order chi connectivity index (χ0) is 21.1. The van der Waals surface area contributed by atoms with Gasteiger partial charge in [0.2, 0.25) is 5.16 Å². The third-order valence-electron chi connectivity index (χ3n) is 4.27. The van der Waals surface area contributed by atoms with Crippen molar-refractivity contribution in [1.29, 1.82) is 0 Å². The molecule has 1 aromatic heterocycles. The number of fused-ring (bicyclic) bond motifs is 1. The molecule has 156 valence electrons. The second-order valence-electron chi connectivity index (χ2n) is 6.24. The predicted octanol–water partition coefficient (Wildman–Crippen LogP) is 2.78. The summed E-state index contributed by atoms with van der Waals surface area (Å²) in [5.41, 5.74) is 1.19. The van der Waals surface area contributed by atoms with Crippen LogP contribution >= 0.6 is 11.8 Å². The van der Waals surface area contributed by atoms with Crippen molar-refractivity contribution in [1.82, 2.24) is 14.9 Å². The van der Waals surface area contributed by atoms with E-state index in [0.29, 0.717) is 33.6 Å². The van der Waals surface area contributed by atoms with Crippen LogP contribution in [0.2, 0.25) is 0 Å². The first-order valence-corrected chi connectivity index (χ1v) is 9.71. The zero-order valence-electron chi connectivity index (χ0n) is 15.5. The lowest BCUT2D eigenvalue weighted by Crippen LogP contribution is -2.16. The highest BCUT2D eigenvalue weighted by molar-refractivity contribution is 7.98. The smallest absolute Gasteiger partial charge is 0.270 e. The van der Waals surface area contributed by atoms with Crippen LogP contribution in [0.4, 0.5) is 10.1 Å². The van der Waals surface area contributed by atoms with Crippen molar-refractivity contribution < 1.29 is 23.5 Å². The third-order valence-corrected chi connectivity index (χ3v) is 5.26. The van der Waals surface area contributed by atoms with Gasteiger partial charge in [-0.25, -0.2) is 9.07 Å². The molecular weight excluding hydrogens is 417 g/mol. The molecule has 2 heterocycles. The molecular formula is C18H16FN5O5S. The van der Waals surface area contributed by atoms with E-state index in [9.17, 15) is 14.5 Å². The van der Waals surface area contributed by atoms with Crippen molar-refractivity contribution in [2.24, 2.45) is 0 Å². The minimum absolute atomic E-state index is 0.0494. The fourth-order valence-electron chi connectivity index (χ4n) is 2.84.